The second-order valence-corrected chi connectivity index (χ2v) is 5.51. The van der Waals surface area contributed by atoms with Crippen molar-refractivity contribution in [1.29, 1.82) is 0 Å². The van der Waals surface area contributed by atoms with Crippen LogP contribution in [-0.4, -0.2) is 28.9 Å². The van der Waals surface area contributed by atoms with Crippen LogP contribution in [0.5, 0.6) is 0 Å². The number of H-pyrrole nitrogens is 1. The number of hydrogen-bond acceptors (Lipinski definition) is 3. The van der Waals surface area contributed by atoms with E-state index in [-0.39, 0.29) is 6.42 Å². The van der Waals surface area contributed by atoms with Gasteiger partial charge in [-0.2, -0.15) is 0 Å². The zero-order chi connectivity index (χ0) is 16.4. The maximum absolute atomic E-state index is 12.2. The molecule has 0 bridgehead atoms. The Balaban J connectivity index is 2.44. The summed E-state index contributed by atoms with van der Waals surface area (Å²) in [6.45, 7) is 2.28. The molecule has 0 amide bonds. The minimum absolute atomic E-state index is 0.134. The molecule has 1 aromatic rings. The van der Waals surface area contributed by atoms with Gasteiger partial charge in [0.2, 0.25) is 0 Å². The van der Waals surface area contributed by atoms with E-state index >= 15 is 0 Å². The van der Waals surface area contributed by atoms with Gasteiger partial charge in [0.05, 0.1) is 0 Å². The second kappa shape index (κ2) is 5.85. The lowest BCUT2D eigenvalue weighted by Crippen LogP contribution is -2.50. The van der Waals surface area contributed by atoms with Crippen LogP contribution < -0.4 is 5.32 Å². The van der Waals surface area contributed by atoms with Crippen molar-refractivity contribution in [3.8, 4) is 11.3 Å². The lowest BCUT2D eigenvalue weighted by molar-refractivity contribution is -0.146. The Morgan fingerprint density at radius 2 is 2.04 bits per heavy atom. The Bertz CT molecular complexity index is 839. The molecular weight excluding hydrogens is 292 g/mol. The molecule has 1 heterocycles. The average molecular weight is 310 g/mol. The zero-order valence-electron chi connectivity index (χ0n) is 12.8. The third kappa shape index (κ3) is 2.29. The number of hydrogen-bond donors (Lipinski definition) is 3. The van der Waals surface area contributed by atoms with Gasteiger partial charge in [-0.15, -0.1) is 0 Å². The zero-order valence-corrected chi connectivity index (χ0v) is 12.8. The van der Waals surface area contributed by atoms with Crippen molar-refractivity contribution in [3.63, 3.8) is 0 Å². The van der Waals surface area contributed by atoms with E-state index in [4.69, 9.17) is 0 Å². The van der Waals surface area contributed by atoms with Crippen LogP contribution in [0.15, 0.2) is 42.5 Å². The number of aromatic nitrogens is 1. The molecule has 5 nitrogen and oxygen atoms in total. The number of aromatic amines is 1. The number of aldehydes is 1. The molecule has 1 unspecified atom stereocenters. The number of rotatable bonds is 6. The van der Waals surface area contributed by atoms with E-state index < -0.39 is 11.5 Å². The van der Waals surface area contributed by atoms with E-state index in [1.54, 1.807) is 0 Å². The molecule has 3 rings (SSSR count). The third-order valence-electron chi connectivity index (χ3n) is 4.21. The number of carboxylic acid groups (broad SMARTS) is 1. The molecule has 1 aliphatic heterocycles. The highest BCUT2D eigenvalue weighted by molar-refractivity contribution is 5.98. The van der Waals surface area contributed by atoms with Crippen LogP contribution in [0.2, 0.25) is 0 Å². The van der Waals surface area contributed by atoms with Crippen LogP contribution in [0.25, 0.3) is 22.2 Å². The van der Waals surface area contributed by atoms with Crippen LogP contribution in [0.1, 0.15) is 18.9 Å². The smallest absolute Gasteiger partial charge is 0.329 e. The van der Waals surface area contributed by atoms with Crippen LogP contribution in [0, 0.1) is 0 Å². The molecule has 0 saturated carbocycles. The average Bonchev–Trinajstić information content (AvgIpc) is 2.99. The number of para-hydroxylation sites is 1. The first-order valence-electron chi connectivity index (χ1n) is 7.56. The molecule has 118 valence electrons. The summed E-state index contributed by atoms with van der Waals surface area (Å²) >= 11 is 0. The van der Waals surface area contributed by atoms with E-state index in [1.165, 1.54) is 0 Å². The van der Waals surface area contributed by atoms with Crippen LogP contribution >= 0.6 is 0 Å². The fraction of sp³-hybridized carbons (Fsp3) is 0.222. The van der Waals surface area contributed by atoms with Gasteiger partial charge in [0.1, 0.15) is 6.29 Å². The number of fused-ring (bicyclic) bond motifs is 2. The molecule has 3 N–H and O–H groups in total. The van der Waals surface area contributed by atoms with Crippen molar-refractivity contribution >= 4 is 23.2 Å². The summed E-state index contributed by atoms with van der Waals surface area (Å²) in [5.41, 5.74) is 1.70. The van der Waals surface area contributed by atoms with Crippen molar-refractivity contribution in [1.82, 2.24) is 10.3 Å². The topological polar surface area (TPSA) is 82.2 Å². The molecule has 23 heavy (non-hydrogen) atoms. The highest BCUT2D eigenvalue weighted by Gasteiger charge is 2.43. The second-order valence-electron chi connectivity index (χ2n) is 5.51. The van der Waals surface area contributed by atoms with Crippen molar-refractivity contribution in [2.24, 2.45) is 0 Å². The third-order valence-corrected chi connectivity index (χ3v) is 4.21. The maximum Gasteiger partial charge on any atom is 0.329 e. The van der Waals surface area contributed by atoms with Gasteiger partial charge in [-0.3, -0.25) is 5.32 Å². The molecule has 1 atom stereocenters. The number of carboxylic acids is 1. The van der Waals surface area contributed by atoms with E-state index in [2.05, 4.69) is 10.3 Å². The monoisotopic (exact) mass is 310 g/mol. The van der Waals surface area contributed by atoms with E-state index in [9.17, 15) is 14.7 Å². The van der Waals surface area contributed by atoms with Gasteiger partial charge in [-0.05, 0) is 18.7 Å². The highest BCUT2D eigenvalue weighted by Crippen LogP contribution is 2.40. The highest BCUT2D eigenvalue weighted by atomic mass is 16.4. The van der Waals surface area contributed by atoms with Crippen molar-refractivity contribution in [2.75, 3.05) is 6.54 Å². The molecular formula is C18H18N2O3. The van der Waals surface area contributed by atoms with Gasteiger partial charge < -0.3 is 14.9 Å². The standard InChI is InChI=1S/C18H18N2O3/c1-2-19-18(10-11-21,17(22)23)16-12-6-3-4-8-14(12)20-15-9-5-7-13(15)16/h3-9,11,19-20H,2,10H2,1H3,(H,22,23). The molecule has 0 fully saturated rings. The van der Waals surface area contributed by atoms with Gasteiger partial charge in [0.25, 0.3) is 0 Å². The normalized spacial score (nSPS) is 14.0. The van der Waals surface area contributed by atoms with Crippen molar-refractivity contribution in [2.45, 2.75) is 18.9 Å². The number of nitrogens with one attached hydrogen (secondary N) is 2. The number of pyridine rings is 1. The Hall–Kier alpha value is -2.66. The van der Waals surface area contributed by atoms with Gasteiger partial charge in [0.15, 0.2) is 5.54 Å². The molecule has 1 aliphatic carbocycles. The first-order valence-corrected chi connectivity index (χ1v) is 7.56. The summed E-state index contributed by atoms with van der Waals surface area (Å²) in [6.07, 6.45) is 0.529. The van der Waals surface area contributed by atoms with E-state index in [1.807, 2.05) is 49.4 Å². The van der Waals surface area contributed by atoms with Gasteiger partial charge in [0, 0.05) is 34.1 Å². The summed E-state index contributed by atoms with van der Waals surface area (Å²) in [7, 11) is 0. The SMILES string of the molecule is CCNC(CC=O)(C(=O)O)c1c2cccc-2[nH]c2ccccc12. The summed E-state index contributed by atoms with van der Waals surface area (Å²) < 4.78 is 0. The van der Waals surface area contributed by atoms with Crippen LogP contribution in [0.3, 0.4) is 0 Å². The number of aliphatic carboxylic acids is 1. The molecule has 0 radical (unpaired) electrons. The molecule has 0 aromatic heterocycles. The summed E-state index contributed by atoms with van der Waals surface area (Å²) in [5.74, 6) is -1.05. The lowest BCUT2D eigenvalue weighted by atomic mass is 9.81. The minimum Gasteiger partial charge on any atom is -0.480 e. The predicted octanol–water partition coefficient (Wildman–Crippen LogP) is 2.75. The Labute approximate surface area is 133 Å². The Morgan fingerprint density at radius 3 is 2.74 bits per heavy atom. The summed E-state index contributed by atoms with van der Waals surface area (Å²) in [5, 5.41) is 13.8. The van der Waals surface area contributed by atoms with Crippen LogP contribution in [-0.2, 0) is 15.1 Å². The molecule has 1 aromatic carbocycles. The summed E-state index contributed by atoms with van der Waals surface area (Å²) in [4.78, 5) is 26.8. The first kappa shape index (κ1) is 15.2. The number of benzene rings is 1. The summed E-state index contributed by atoms with van der Waals surface area (Å²) in [6, 6.07) is 13.2. The van der Waals surface area contributed by atoms with E-state index in [0.29, 0.717) is 18.4 Å². The molecule has 5 heteroatoms. The predicted molar refractivity (Wildman–Crippen MR) is 88.6 cm³/mol. The van der Waals surface area contributed by atoms with Crippen molar-refractivity contribution < 1.29 is 14.7 Å². The lowest BCUT2D eigenvalue weighted by Gasteiger charge is -2.32. The fourth-order valence-corrected chi connectivity index (χ4v) is 3.27. The Morgan fingerprint density at radius 1 is 1.26 bits per heavy atom. The molecule has 0 spiro atoms. The first-order chi connectivity index (χ1) is 11.1. The molecule has 0 saturated heterocycles. The fourth-order valence-electron chi connectivity index (χ4n) is 3.27. The molecule has 2 aliphatic rings. The number of likely N-dealkylation sites (N-methyl/N-ethyl adjacent to an activating group) is 1. The number of carbonyl (C=O) groups excluding carboxylic acids is 1. The minimum atomic E-state index is -1.45. The van der Waals surface area contributed by atoms with Gasteiger partial charge >= 0.3 is 5.97 Å². The largest absolute Gasteiger partial charge is 0.480 e. The van der Waals surface area contributed by atoms with Gasteiger partial charge in [-0.1, -0.05) is 37.3 Å². The van der Waals surface area contributed by atoms with Crippen LogP contribution in [0.4, 0.5) is 0 Å². The number of carbonyl (C=O) groups is 2. The Kier molecular flexibility index (Phi) is 3.88. The van der Waals surface area contributed by atoms with Gasteiger partial charge in [-0.25, -0.2) is 4.79 Å². The maximum atomic E-state index is 12.2. The van der Waals surface area contributed by atoms with E-state index in [0.717, 1.165) is 22.2 Å². The van der Waals surface area contributed by atoms with Crippen molar-refractivity contribution in [3.05, 3.63) is 48.0 Å². The quantitative estimate of drug-likeness (QED) is 0.611.